The molecular formula is C15H31N3O. The quantitative estimate of drug-likeness (QED) is 0.738. The third-order valence-electron chi connectivity index (χ3n) is 4.23. The molecule has 0 unspecified atom stereocenters. The zero-order chi connectivity index (χ0) is 14.3. The minimum Gasteiger partial charge on any atom is -0.356 e. The second-order valence-electron chi connectivity index (χ2n) is 6.69. The van der Waals surface area contributed by atoms with Gasteiger partial charge >= 0.3 is 0 Å². The summed E-state index contributed by atoms with van der Waals surface area (Å²) in [4.78, 5) is 13.4. The minimum atomic E-state index is 0.0893. The van der Waals surface area contributed by atoms with Crippen molar-refractivity contribution in [2.45, 2.75) is 46.5 Å². The molecule has 1 saturated heterocycles. The van der Waals surface area contributed by atoms with Gasteiger partial charge in [0.05, 0.1) is 0 Å². The van der Waals surface area contributed by atoms with Crippen LogP contribution in [0.25, 0.3) is 0 Å². The SMILES string of the molecule is CC(=O)NCC1CCN(CCCC(C)(C)CN)CC1. The Bertz CT molecular complexity index is 271. The van der Waals surface area contributed by atoms with Crippen LogP contribution in [0.3, 0.4) is 0 Å². The van der Waals surface area contributed by atoms with E-state index in [0.717, 1.165) is 13.1 Å². The van der Waals surface area contributed by atoms with E-state index in [4.69, 9.17) is 5.73 Å². The van der Waals surface area contributed by atoms with E-state index in [1.165, 1.54) is 45.3 Å². The lowest BCUT2D eigenvalue weighted by Crippen LogP contribution is -2.39. The van der Waals surface area contributed by atoms with Crippen LogP contribution in [0.15, 0.2) is 0 Å². The number of nitrogens with one attached hydrogen (secondary N) is 1. The third-order valence-corrected chi connectivity index (χ3v) is 4.23. The van der Waals surface area contributed by atoms with Crippen molar-refractivity contribution < 1.29 is 4.79 Å². The Kier molecular flexibility index (Phi) is 6.80. The highest BCUT2D eigenvalue weighted by Gasteiger charge is 2.20. The molecule has 1 heterocycles. The summed E-state index contributed by atoms with van der Waals surface area (Å²) in [7, 11) is 0. The molecule has 0 aromatic heterocycles. The van der Waals surface area contributed by atoms with Crippen LogP contribution in [0.5, 0.6) is 0 Å². The summed E-state index contributed by atoms with van der Waals surface area (Å²) in [5.74, 6) is 0.757. The standard InChI is InChI=1S/C15H31N3O/c1-13(19)17-11-14-5-9-18(10-6-14)8-4-7-15(2,3)12-16/h14H,4-12,16H2,1-3H3,(H,17,19). The highest BCUT2D eigenvalue weighted by atomic mass is 16.1. The number of nitrogens with two attached hydrogens (primary N) is 1. The summed E-state index contributed by atoms with van der Waals surface area (Å²) in [6, 6.07) is 0. The Morgan fingerprint density at radius 3 is 2.53 bits per heavy atom. The average Bonchev–Trinajstić information content (AvgIpc) is 2.37. The molecule has 0 atom stereocenters. The molecule has 19 heavy (non-hydrogen) atoms. The number of piperidine rings is 1. The van der Waals surface area contributed by atoms with E-state index in [2.05, 4.69) is 24.1 Å². The Hall–Kier alpha value is -0.610. The van der Waals surface area contributed by atoms with Gasteiger partial charge in [0.1, 0.15) is 0 Å². The maximum atomic E-state index is 10.9. The van der Waals surface area contributed by atoms with Gasteiger partial charge in [-0.1, -0.05) is 13.8 Å². The van der Waals surface area contributed by atoms with E-state index < -0.39 is 0 Å². The van der Waals surface area contributed by atoms with Crippen molar-refractivity contribution in [2.24, 2.45) is 17.1 Å². The number of hydrogen-bond acceptors (Lipinski definition) is 3. The zero-order valence-corrected chi connectivity index (χ0v) is 12.9. The van der Waals surface area contributed by atoms with Crippen LogP contribution in [-0.2, 0) is 4.79 Å². The number of hydrogen-bond donors (Lipinski definition) is 2. The van der Waals surface area contributed by atoms with Gasteiger partial charge in [0, 0.05) is 13.5 Å². The van der Waals surface area contributed by atoms with Crippen molar-refractivity contribution in [2.75, 3.05) is 32.7 Å². The smallest absolute Gasteiger partial charge is 0.216 e. The summed E-state index contributed by atoms with van der Waals surface area (Å²) >= 11 is 0. The molecule has 4 heteroatoms. The molecule has 0 saturated carbocycles. The van der Waals surface area contributed by atoms with Gasteiger partial charge in [0.15, 0.2) is 0 Å². The first-order valence-electron chi connectivity index (χ1n) is 7.60. The monoisotopic (exact) mass is 269 g/mol. The van der Waals surface area contributed by atoms with Crippen molar-refractivity contribution in [3.05, 3.63) is 0 Å². The topological polar surface area (TPSA) is 58.4 Å². The van der Waals surface area contributed by atoms with Crippen LogP contribution in [0.1, 0.15) is 46.5 Å². The van der Waals surface area contributed by atoms with Crippen LogP contribution in [0.2, 0.25) is 0 Å². The van der Waals surface area contributed by atoms with Crippen molar-refractivity contribution in [3.8, 4) is 0 Å². The summed E-state index contributed by atoms with van der Waals surface area (Å²) in [5, 5.41) is 2.93. The number of rotatable bonds is 7. The summed E-state index contributed by atoms with van der Waals surface area (Å²) < 4.78 is 0. The lowest BCUT2D eigenvalue weighted by atomic mass is 9.88. The lowest BCUT2D eigenvalue weighted by molar-refractivity contribution is -0.119. The van der Waals surface area contributed by atoms with E-state index in [9.17, 15) is 4.79 Å². The molecule has 1 aliphatic heterocycles. The number of likely N-dealkylation sites (tertiary alicyclic amines) is 1. The third kappa shape index (κ3) is 6.92. The van der Waals surface area contributed by atoms with Crippen molar-refractivity contribution in [3.63, 3.8) is 0 Å². The Balaban J connectivity index is 2.11. The highest BCUT2D eigenvalue weighted by Crippen LogP contribution is 2.22. The Morgan fingerprint density at radius 2 is 2.00 bits per heavy atom. The zero-order valence-electron chi connectivity index (χ0n) is 12.9. The van der Waals surface area contributed by atoms with E-state index >= 15 is 0 Å². The van der Waals surface area contributed by atoms with Gasteiger partial charge in [0.25, 0.3) is 0 Å². The fraction of sp³-hybridized carbons (Fsp3) is 0.933. The first-order valence-corrected chi connectivity index (χ1v) is 7.60. The molecule has 1 amide bonds. The predicted molar refractivity (Wildman–Crippen MR) is 79.9 cm³/mol. The molecule has 1 rings (SSSR count). The van der Waals surface area contributed by atoms with Crippen molar-refractivity contribution >= 4 is 5.91 Å². The molecule has 4 nitrogen and oxygen atoms in total. The second-order valence-corrected chi connectivity index (χ2v) is 6.69. The molecule has 112 valence electrons. The largest absolute Gasteiger partial charge is 0.356 e. The normalized spacial score (nSPS) is 18.5. The van der Waals surface area contributed by atoms with Crippen LogP contribution in [0, 0.1) is 11.3 Å². The minimum absolute atomic E-state index is 0.0893. The van der Waals surface area contributed by atoms with Gasteiger partial charge in [-0.2, -0.15) is 0 Å². The van der Waals surface area contributed by atoms with Crippen LogP contribution >= 0.6 is 0 Å². The molecule has 0 aromatic rings. The highest BCUT2D eigenvalue weighted by molar-refractivity contribution is 5.72. The fourth-order valence-corrected chi connectivity index (χ4v) is 2.59. The second kappa shape index (κ2) is 7.85. The van der Waals surface area contributed by atoms with Crippen molar-refractivity contribution in [1.29, 1.82) is 0 Å². The van der Waals surface area contributed by atoms with E-state index in [1.54, 1.807) is 6.92 Å². The maximum Gasteiger partial charge on any atom is 0.216 e. The lowest BCUT2D eigenvalue weighted by Gasteiger charge is -2.32. The average molecular weight is 269 g/mol. The van der Waals surface area contributed by atoms with Gasteiger partial charge < -0.3 is 16.0 Å². The number of carbonyl (C=O) groups is 1. The molecule has 0 spiro atoms. The Morgan fingerprint density at radius 1 is 1.37 bits per heavy atom. The van der Waals surface area contributed by atoms with Gasteiger partial charge in [0.2, 0.25) is 5.91 Å². The predicted octanol–water partition coefficient (Wildman–Crippen LogP) is 1.60. The van der Waals surface area contributed by atoms with E-state index in [0.29, 0.717) is 5.92 Å². The fourth-order valence-electron chi connectivity index (χ4n) is 2.59. The summed E-state index contributed by atoms with van der Waals surface area (Å²) in [6.07, 6.45) is 4.86. The van der Waals surface area contributed by atoms with Gasteiger partial charge in [-0.3, -0.25) is 4.79 Å². The first kappa shape index (κ1) is 16.4. The van der Waals surface area contributed by atoms with Crippen LogP contribution in [-0.4, -0.2) is 43.5 Å². The van der Waals surface area contributed by atoms with Gasteiger partial charge in [-0.15, -0.1) is 0 Å². The summed E-state index contributed by atoms with van der Waals surface area (Å²) in [5.41, 5.74) is 6.03. The molecular weight excluding hydrogens is 238 g/mol. The molecule has 1 aliphatic rings. The van der Waals surface area contributed by atoms with Gasteiger partial charge in [-0.05, 0) is 63.2 Å². The maximum absolute atomic E-state index is 10.9. The molecule has 0 bridgehead atoms. The van der Waals surface area contributed by atoms with E-state index in [1.807, 2.05) is 0 Å². The molecule has 3 N–H and O–H groups in total. The number of amides is 1. The number of nitrogens with zero attached hydrogens (tertiary/aromatic N) is 1. The number of carbonyl (C=O) groups excluding carboxylic acids is 1. The molecule has 0 aliphatic carbocycles. The van der Waals surface area contributed by atoms with Crippen molar-refractivity contribution in [1.82, 2.24) is 10.2 Å². The van der Waals surface area contributed by atoms with Gasteiger partial charge in [-0.25, -0.2) is 0 Å². The molecule has 0 radical (unpaired) electrons. The van der Waals surface area contributed by atoms with E-state index in [-0.39, 0.29) is 11.3 Å². The van der Waals surface area contributed by atoms with Crippen LogP contribution < -0.4 is 11.1 Å². The Labute approximate surface area is 118 Å². The van der Waals surface area contributed by atoms with Crippen LogP contribution in [0.4, 0.5) is 0 Å². The molecule has 1 fully saturated rings. The summed E-state index contributed by atoms with van der Waals surface area (Å²) in [6.45, 7) is 11.2. The first-order chi connectivity index (χ1) is 8.93. The molecule has 0 aromatic carbocycles.